The minimum absolute atomic E-state index is 0.192. The molecule has 112 valence electrons. The number of sulfonamides is 1. The Kier molecular flexibility index (Phi) is 4.80. The molecule has 0 radical (unpaired) electrons. The van der Waals surface area contributed by atoms with Gasteiger partial charge in [-0.25, -0.2) is 22.5 Å². The van der Waals surface area contributed by atoms with Gasteiger partial charge in [0.25, 0.3) is 16.0 Å². The van der Waals surface area contributed by atoms with Crippen molar-refractivity contribution in [3.8, 4) is 0 Å². The number of hydrogen-bond donors (Lipinski definition) is 2. The molecule has 21 heavy (non-hydrogen) atoms. The molecule has 0 unspecified atom stereocenters. The van der Waals surface area contributed by atoms with Crippen molar-refractivity contribution in [2.75, 3.05) is 11.8 Å². The summed E-state index contributed by atoms with van der Waals surface area (Å²) in [4.78, 5) is 3.20. The molecule has 0 aliphatic rings. The predicted molar refractivity (Wildman–Crippen MR) is 77.5 cm³/mol. The molecule has 0 amide bonds. The van der Waals surface area contributed by atoms with Crippen LogP contribution in [0.15, 0.2) is 33.9 Å². The highest BCUT2D eigenvalue weighted by atomic mass is 79.9. The Morgan fingerprint density at radius 3 is 2.71 bits per heavy atom. The van der Waals surface area contributed by atoms with Gasteiger partial charge >= 0.3 is 0 Å². The van der Waals surface area contributed by atoms with E-state index in [9.17, 15) is 12.8 Å². The smallest absolute Gasteiger partial charge is 0.267 e. The third kappa shape index (κ3) is 3.71. The van der Waals surface area contributed by atoms with Crippen LogP contribution in [0.3, 0.4) is 0 Å². The van der Waals surface area contributed by atoms with Gasteiger partial charge in [-0.3, -0.25) is 0 Å². The van der Waals surface area contributed by atoms with Gasteiger partial charge in [0.15, 0.2) is 0 Å². The van der Waals surface area contributed by atoms with Crippen LogP contribution in [0, 0.1) is 5.82 Å². The lowest BCUT2D eigenvalue weighted by Crippen LogP contribution is -2.18. The molecule has 0 fully saturated rings. The van der Waals surface area contributed by atoms with Gasteiger partial charge in [0.2, 0.25) is 0 Å². The summed E-state index contributed by atoms with van der Waals surface area (Å²) >= 11 is 3.16. The molecule has 0 spiro atoms. The average Bonchev–Trinajstić information content (AvgIpc) is 2.43. The van der Waals surface area contributed by atoms with E-state index in [1.165, 1.54) is 24.5 Å². The highest BCUT2D eigenvalue weighted by Crippen LogP contribution is 2.25. The number of nitrogens with zero attached hydrogens (tertiary/aromatic N) is 3. The zero-order valence-electron chi connectivity index (χ0n) is 10.8. The number of anilines is 1. The van der Waals surface area contributed by atoms with Crippen LogP contribution in [0.1, 0.15) is 5.56 Å². The second kappa shape index (κ2) is 6.41. The number of rotatable bonds is 5. The normalized spacial score (nSPS) is 11.4. The number of nitrogens with one attached hydrogen (secondary N) is 2. The Balaban J connectivity index is 2.45. The zero-order valence-corrected chi connectivity index (χ0v) is 13.2. The zero-order chi connectivity index (χ0) is 15.5. The van der Waals surface area contributed by atoms with Gasteiger partial charge in [-0.15, -0.1) is 5.10 Å². The largest absolute Gasteiger partial charge is 0.316 e. The van der Waals surface area contributed by atoms with Gasteiger partial charge in [0.1, 0.15) is 10.7 Å². The van der Waals surface area contributed by atoms with E-state index in [1.807, 2.05) is 0 Å². The molecule has 1 aromatic carbocycles. The molecule has 0 aliphatic carbocycles. The van der Waals surface area contributed by atoms with E-state index in [-0.39, 0.29) is 18.1 Å². The molecule has 0 saturated carbocycles. The first-order valence-electron chi connectivity index (χ1n) is 5.73. The van der Waals surface area contributed by atoms with Crippen LogP contribution >= 0.6 is 15.9 Å². The monoisotopic (exact) mass is 375 g/mol. The van der Waals surface area contributed by atoms with E-state index < -0.39 is 20.7 Å². The molecular weight excluding hydrogens is 365 g/mol. The summed E-state index contributed by atoms with van der Waals surface area (Å²) in [6, 6.07) is 2.68. The Labute approximate surface area is 129 Å². The summed E-state index contributed by atoms with van der Waals surface area (Å²) in [5.41, 5.74) is 0.222. The van der Waals surface area contributed by atoms with Crippen LogP contribution in [0.5, 0.6) is 0 Å². The van der Waals surface area contributed by atoms with Crippen LogP contribution in [0.25, 0.3) is 0 Å². The van der Waals surface area contributed by atoms with Crippen molar-refractivity contribution >= 4 is 31.9 Å². The summed E-state index contributed by atoms with van der Waals surface area (Å²) < 4.78 is 41.3. The molecule has 0 saturated heterocycles. The van der Waals surface area contributed by atoms with Gasteiger partial charge in [0.05, 0.1) is 12.4 Å². The van der Waals surface area contributed by atoms with Crippen molar-refractivity contribution in [3.63, 3.8) is 0 Å². The second-order valence-corrected chi connectivity index (χ2v) is 6.55. The van der Waals surface area contributed by atoms with Crippen LogP contribution in [-0.2, 0) is 16.6 Å². The maximum atomic E-state index is 14.3. The van der Waals surface area contributed by atoms with Crippen molar-refractivity contribution in [1.82, 2.24) is 20.5 Å². The predicted octanol–water partition coefficient (Wildman–Crippen LogP) is 1.29. The minimum atomic E-state index is -4.16. The van der Waals surface area contributed by atoms with E-state index in [1.54, 1.807) is 7.05 Å². The summed E-state index contributed by atoms with van der Waals surface area (Å²) in [5.74, 6) is -1.06. The molecule has 2 rings (SSSR count). The Morgan fingerprint density at radius 1 is 1.33 bits per heavy atom. The summed E-state index contributed by atoms with van der Waals surface area (Å²) in [7, 11) is -2.52. The number of benzene rings is 1. The SMILES string of the molecule is CNCc1cc(Br)cc(S(=O)(=O)Nc2nccnn2)c1F. The van der Waals surface area contributed by atoms with E-state index in [0.717, 1.165) is 0 Å². The maximum Gasteiger partial charge on any atom is 0.267 e. The van der Waals surface area contributed by atoms with Crippen LogP contribution in [0.2, 0.25) is 0 Å². The molecule has 1 heterocycles. The Hall–Kier alpha value is -1.65. The maximum absolute atomic E-state index is 14.3. The standard InChI is InChI=1S/C11H11BrFN5O2S/c1-14-6-7-4-8(12)5-9(10(7)13)21(19,20)18-11-15-2-3-16-17-11/h2-5,14H,6H2,1H3,(H,15,17,18). The van der Waals surface area contributed by atoms with Gasteiger partial charge in [-0.1, -0.05) is 15.9 Å². The van der Waals surface area contributed by atoms with E-state index in [0.29, 0.717) is 4.47 Å². The number of halogens is 2. The summed E-state index contributed by atoms with van der Waals surface area (Å²) in [6.45, 7) is 0.192. The lowest BCUT2D eigenvalue weighted by atomic mass is 10.2. The first-order chi connectivity index (χ1) is 9.94. The third-order valence-corrected chi connectivity index (χ3v) is 4.23. The molecule has 0 atom stereocenters. The molecule has 2 aromatic rings. The number of aromatic nitrogens is 3. The van der Waals surface area contributed by atoms with Crippen LogP contribution in [-0.4, -0.2) is 30.6 Å². The fraction of sp³-hybridized carbons (Fsp3) is 0.182. The number of hydrogen-bond acceptors (Lipinski definition) is 6. The fourth-order valence-electron chi connectivity index (χ4n) is 1.60. The van der Waals surface area contributed by atoms with Gasteiger partial charge in [-0.05, 0) is 19.2 Å². The van der Waals surface area contributed by atoms with Gasteiger partial charge in [-0.2, -0.15) is 5.10 Å². The molecule has 7 nitrogen and oxygen atoms in total. The average molecular weight is 376 g/mol. The topological polar surface area (TPSA) is 96.9 Å². The van der Waals surface area contributed by atoms with Crippen molar-refractivity contribution < 1.29 is 12.8 Å². The van der Waals surface area contributed by atoms with E-state index in [4.69, 9.17) is 0 Å². The van der Waals surface area contributed by atoms with E-state index >= 15 is 0 Å². The lowest BCUT2D eigenvalue weighted by Gasteiger charge is -2.11. The minimum Gasteiger partial charge on any atom is -0.316 e. The quantitative estimate of drug-likeness (QED) is 0.817. The molecular formula is C11H11BrFN5O2S. The first-order valence-corrected chi connectivity index (χ1v) is 8.00. The molecule has 1 aromatic heterocycles. The van der Waals surface area contributed by atoms with Crippen molar-refractivity contribution in [3.05, 3.63) is 40.4 Å². The van der Waals surface area contributed by atoms with Crippen LogP contribution in [0.4, 0.5) is 10.3 Å². The van der Waals surface area contributed by atoms with E-state index in [2.05, 4.69) is 41.2 Å². The molecule has 0 bridgehead atoms. The highest BCUT2D eigenvalue weighted by molar-refractivity contribution is 9.10. The summed E-state index contributed by atoms with van der Waals surface area (Å²) in [5, 5.41) is 9.77. The van der Waals surface area contributed by atoms with Crippen molar-refractivity contribution in [2.24, 2.45) is 0 Å². The van der Waals surface area contributed by atoms with Gasteiger partial charge < -0.3 is 5.32 Å². The lowest BCUT2D eigenvalue weighted by molar-refractivity contribution is 0.555. The first kappa shape index (κ1) is 15.7. The van der Waals surface area contributed by atoms with Gasteiger partial charge in [0, 0.05) is 16.6 Å². The van der Waals surface area contributed by atoms with Crippen molar-refractivity contribution in [2.45, 2.75) is 11.4 Å². The molecule has 2 N–H and O–H groups in total. The Morgan fingerprint density at radius 2 is 2.10 bits per heavy atom. The third-order valence-electron chi connectivity index (χ3n) is 2.44. The molecule has 0 aliphatic heterocycles. The van der Waals surface area contributed by atoms with Crippen molar-refractivity contribution in [1.29, 1.82) is 0 Å². The second-order valence-electron chi connectivity index (χ2n) is 3.98. The fourth-order valence-corrected chi connectivity index (χ4v) is 3.35. The Bertz CT molecular complexity index is 742. The molecule has 10 heteroatoms. The summed E-state index contributed by atoms with van der Waals surface area (Å²) in [6.07, 6.45) is 2.57. The van der Waals surface area contributed by atoms with Crippen LogP contribution < -0.4 is 10.0 Å². The highest BCUT2D eigenvalue weighted by Gasteiger charge is 2.23.